The number of amides is 2. The molecule has 0 heterocycles. The van der Waals surface area contributed by atoms with Gasteiger partial charge in [-0.1, -0.05) is 13.0 Å². The molecule has 2 amide bonds. The van der Waals surface area contributed by atoms with E-state index in [4.69, 9.17) is 0 Å². The molecule has 0 aliphatic heterocycles. The summed E-state index contributed by atoms with van der Waals surface area (Å²) in [5, 5.41) is 14.2. The number of carbonyl (C=O) groups is 1. The van der Waals surface area contributed by atoms with Crippen molar-refractivity contribution < 1.29 is 27.8 Å². The van der Waals surface area contributed by atoms with Gasteiger partial charge < -0.3 is 20.5 Å². The highest BCUT2D eigenvalue weighted by molar-refractivity contribution is 5.73. The molecule has 0 fully saturated rings. The van der Waals surface area contributed by atoms with Crippen LogP contribution in [0.5, 0.6) is 5.75 Å². The molecule has 1 aromatic carbocycles. The van der Waals surface area contributed by atoms with E-state index in [2.05, 4.69) is 15.4 Å². The van der Waals surface area contributed by atoms with Gasteiger partial charge in [0.25, 0.3) is 0 Å². The summed E-state index contributed by atoms with van der Waals surface area (Å²) < 4.78 is 42.3. The largest absolute Gasteiger partial charge is 0.434 e. The van der Waals surface area contributed by atoms with Gasteiger partial charge in [-0.15, -0.1) is 0 Å². The van der Waals surface area contributed by atoms with Crippen molar-refractivity contribution in [1.29, 1.82) is 0 Å². The molecule has 0 bridgehead atoms. The number of urea groups is 1. The maximum absolute atomic E-state index is 13.6. The minimum absolute atomic E-state index is 0.161. The number of nitrogens with one attached hydrogen (secondary N) is 2. The average Bonchev–Trinajstić information content (AvgIpc) is 2.45. The summed E-state index contributed by atoms with van der Waals surface area (Å²) in [5.74, 6) is -1.07. The summed E-state index contributed by atoms with van der Waals surface area (Å²) in [6.07, 6.45) is 0.467. The Balaban J connectivity index is 2.51. The number of rotatable bonds is 8. The second-order valence-electron chi connectivity index (χ2n) is 4.56. The first-order valence-electron chi connectivity index (χ1n) is 6.86. The van der Waals surface area contributed by atoms with Gasteiger partial charge in [0.15, 0.2) is 0 Å². The van der Waals surface area contributed by atoms with Gasteiger partial charge in [-0.2, -0.15) is 8.78 Å². The van der Waals surface area contributed by atoms with E-state index in [9.17, 15) is 23.1 Å². The third-order valence-electron chi connectivity index (χ3n) is 2.95. The van der Waals surface area contributed by atoms with Gasteiger partial charge in [-0.05, 0) is 25.0 Å². The highest BCUT2D eigenvalue weighted by atomic mass is 19.3. The average molecular weight is 320 g/mol. The number of ether oxygens (including phenoxy) is 1. The molecule has 1 unspecified atom stereocenters. The van der Waals surface area contributed by atoms with E-state index in [0.29, 0.717) is 12.8 Å². The van der Waals surface area contributed by atoms with E-state index in [0.717, 1.165) is 6.07 Å². The topological polar surface area (TPSA) is 70.6 Å². The number of carbonyl (C=O) groups excluding carboxylic acids is 1. The molecular weight excluding hydrogens is 301 g/mol. The minimum Gasteiger partial charge on any atom is -0.434 e. The number of hydrogen-bond donors (Lipinski definition) is 3. The molecule has 22 heavy (non-hydrogen) atoms. The molecule has 8 heteroatoms. The molecule has 0 saturated carbocycles. The fraction of sp³-hybridized carbons (Fsp3) is 0.500. The van der Waals surface area contributed by atoms with E-state index in [-0.39, 0.29) is 24.4 Å². The van der Waals surface area contributed by atoms with Crippen LogP contribution in [0.3, 0.4) is 0 Å². The number of halogens is 3. The lowest BCUT2D eigenvalue weighted by molar-refractivity contribution is -0.0506. The zero-order valence-electron chi connectivity index (χ0n) is 12.1. The molecule has 0 aromatic heterocycles. The maximum Gasteiger partial charge on any atom is 0.387 e. The third kappa shape index (κ3) is 6.21. The van der Waals surface area contributed by atoms with Crippen LogP contribution >= 0.6 is 0 Å². The molecule has 0 spiro atoms. The summed E-state index contributed by atoms with van der Waals surface area (Å²) in [4.78, 5) is 11.5. The fourth-order valence-corrected chi connectivity index (χ4v) is 1.70. The summed E-state index contributed by atoms with van der Waals surface area (Å²) >= 11 is 0. The predicted octanol–water partition coefficient (Wildman–Crippen LogP) is 2.39. The Kier molecular flexibility index (Phi) is 7.51. The van der Waals surface area contributed by atoms with E-state index in [1.54, 1.807) is 0 Å². The molecule has 0 aliphatic carbocycles. The second kappa shape index (κ2) is 9.14. The second-order valence-corrected chi connectivity index (χ2v) is 4.56. The van der Waals surface area contributed by atoms with Crippen molar-refractivity contribution in [3.8, 4) is 5.75 Å². The zero-order chi connectivity index (χ0) is 16.5. The van der Waals surface area contributed by atoms with Crippen LogP contribution in [0.15, 0.2) is 18.2 Å². The first-order chi connectivity index (χ1) is 10.4. The van der Waals surface area contributed by atoms with Crippen molar-refractivity contribution in [3.63, 3.8) is 0 Å². The van der Waals surface area contributed by atoms with Crippen LogP contribution in [-0.2, 0) is 6.54 Å². The molecule has 0 radical (unpaired) electrons. The smallest absolute Gasteiger partial charge is 0.387 e. The van der Waals surface area contributed by atoms with E-state index < -0.39 is 24.6 Å². The normalized spacial score (nSPS) is 12.1. The highest BCUT2D eigenvalue weighted by Crippen LogP contribution is 2.23. The number of aliphatic hydroxyl groups excluding tert-OH is 1. The lowest BCUT2D eigenvalue weighted by Gasteiger charge is -2.13. The monoisotopic (exact) mass is 320 g/mol. The van der Waals surface area contributed by atoms with Crippen molar-refractivity contribution >= 4 is 6.03 Å². The van der Waals surface area contributed by atoms with Crippen molar-refractivity contribution in [2.45, 2.75) is 39.0 Å². The summed E-state index contributed by atoms with van der Waals surface area (Å²) in [6, 6.07) is 2.93. The Morgan fingerprint density at radius 2 is 2.09 bits per heavy atom. The molecule has 3 N–H and O–H groups in total. The van der Waals surface area contributed by atoms with E-state index in [1.807, 2.05) is 6.92 Å². The summed E-state index contributed by atoms with van der Waals surface area (Å²) in [5.41, 5.74) is -0.161. The fourth-order valence-electron chi connectivity index (χ4n) is 1.70. The third-order valence-corrected chi connectivity index (χ3v) is 2.95. The molecule has 124 valence electrons. The Hall–Kier alpha value is -1.96. The van der Waals surface area contributed by atoms with Gasteiger partial charge in [0, 0.05) is 12.1 Å². The first kappa shape index (κ1) is 18.1. The van der Waals surface area contributed by atoms with Crippen LogP contribution in [0, 0.1) is 5.82 Å². The maximum atomic E-state index is 13.6. The molecule has 5 nitrogen and oxygen atoms in total. The van der Waals surface area contributed by atoms with Crippen LogP contribution in [0.1, 0.15) is 25.3 Å². The van der Waals surface area contributed by atoms with Crippen LogP contribution in [-0.4, -0.2) is 30.4 Å². The van der Waals surface area contributed by atoms with Crippen LogP contribution in [0.4, 0.5) is 18.0 Å². The minimum atomic E-state index is -3.08. The molecule has 0 saturated heterocycles. The van der Waals surface area contributed by atoms with Crippen molar-refractivity contribution in [2.75, 3.05) is 6.54 Å². The SMILES string of the molecule is CCC(O)CCNC(=O)NCc1c(F)cccc1OC(F)F. The van der Waals surface area contributed by atoms with E-state index >= 15 is 0 Å². The molecular formula is C14H19F3N2O3. The molecule has 1 rings (SSSR count). The first-order valence-corrected chi connectivity index (χ1v) is 6.86. The Morgan fingerprint density at radius 3 is 2.73 bits per heavy atom. The molecule has 1 atom stereocenters. The number of alkyl halides is 2. The van der Waals surface area contributed by atoms with Crippen LogP contribution in [0.2, 0.25) is 0 Å². The van der Waals surface area contributed by atoms with E-state index in [1.165, 1.54) is 12.1 Å². The predicted molar refractivity (Wildman–Crippen MR) is 74.2 cm³/mol. The van der Waals surface area contributed by atoms with Crippen molar-refractivity contribution in [2.24, 2.45) is 0 Å². The zero-order valence-corrected chi connectivity index (χ0v) is 12.1. The van der Waals surface area contributed by atoms with Gasteiger partial charge >= 0.3 is 12.6 Å². The quantitative estimate of drug-likeness (QED) is 0.689. The van der Waals surface area contributed by atoms with Gasteiger partial charge in [-0.25, -0.2) is 9.18 Å². The highest BCUT2D eigenvalue weighted by Gasteiger charge is 2.14. The van der Waals surface area contributed by atoms with Crippen LogP contribution < -0.4 is 15.4 Å². The standard InChI is InChI=1S/C14H19F3N2O3/c1-2-9(20)6-7-18-14(21)19-8-10-11(15)4-3-5-12(10)22-13(16)17/h3-5,9,13,20H,2,6-8H2,1H3,(H2,18,19,21). The number of aliphatic hydroxyl groups is 1. The molecule has 1 aromatic rings. The molecule has 0 aliphatic rings. The Labute approximate surface area is 126 Å². The lowest BCUT2D eigenvalue weighted by Crippen LogP contribution is -2.36. The number of hydrogen-bond acceptors (Lipinski definition) is 3. The summed E-state index contributed by atoms with van der Waals surface area (Å²) in [6.45, 7) is -1.31. The van der Waals surface area contributed by atoms with Gasteiger partial charge in [0.1, 0.15) is 11.6 Å². The lowest BCUT2D eigenvalue weighted by atomic mass is 10.2. The van der Waals surface area contributed by atoms with Crippen LogP contribution in [0.25, 0.3) is 0 Å². The van der Waals surface area contributed by atoms with Gasteiger partial charge in [0.2, 0.25) is 0 Å². The Morgan fingerprint density at radius 1 is 1.36 bits per heavy atom. The van der Waals surface area contributed by atoms with Crippen molar-refractivity contribution in [1.82, 2.24) is 10.6 Å². The van der Waals surface area contributed by atoms with Gasteiger partial charge in [0.05, 0.1) is 12.6 Å². The van der Waals surface area contributed by atoms with Gasteiger partial charge in [-0.3, -0.25) is 0 Å². The number of benzene rings is 1. The van der Waals surface area contributed by atoms with Crippen molar-refractivity contribution in [3.05, 3.63) is 29.6 Å². The summed E-state index contributed by atoms with van der Waals surface area (Å²) in [7, 11) is 0. The Bertz CT molecular complexity index is 486.